The smallest absolute Gasteiger partial charge is 0.307 e. The number of rotatable bonds is 2. The molecule has 0 aromatic carbocycles. The van der Waals surface area contributed by atoms with Crippen LogP contribution in [-0.2, 0) is 14.3 Å². The molecule has 0 spiro atoms. The Morgan fingerprint density at radius 1 is 1.00 bits per heavy atom. The van der Waals surface area contributed by atoms with Gasteiger partial charge in [0.2, 0.25) is 0 Å². The fraction of sp³-hybridized carbons (Fsp3) is 0.750. The van der Waals surface area contributed by atoms with E-state index in [1.807, 2.05) is 0 Å². The van der Waals surface area contributed by atoms with Crippen molar-refractivity contribution in [2.24, 2.45) is 11.8 Å². The predicted octanol–water partition coefficient (Wildman–Crippen LogP) is 0.198. The van der Waals surface area contributed by atoms with E-state index in [0.29, 0.717) is 13.2 Å². The van der Waals surface area contributed by atoms with Crippen LogP contribution in [0.4, 0.5) is 0 Å². The van der Waals surface area contributed by atoms with E-state index in [0.717, 1.165) is 0 Å². The normalized spacial score (nSPS) is 29.2. The van der Waals surface area contributed by atoms with E-state index in [-0.39, 0.29) is 12.8 Å². The molecule has 1 aliphatic rings. The average molecular weight is 188 g/mol. The van der Waals surface area contributed by atoms with Crippen molar-refractivity contribution in [1.82, 2.24) is 0 Å². The van der Waals surface area contributed by atoms with Gasteiger partial charge < -0.3 is 14.9 Å². The quantitative estimate of drug-likeness (QED) is 0.646. The SMILES string of the molecule is O=C(O)[C@@H]1CCOCC[C@H]1C(=O)O. The van der Waals surface area contributed by atoms with Crippen molar-refractivity contribution in [3.05, 3.63) is 0 Å². The van der Waals surface area contributed by atoms with Crippen LogP contribution >= 0.6 is 0 Å². The summed E-state index contributed by atoms with van der Waals surface area (Å²) in [6, 6.07) is 0. The molecule has 0 bridgehead atoms. The molecule has 0 aromatic rings. The minimum absolute atomic E-state index is 0.284. The minimum Gasteiger partial charge on any atom is -0.481 e. The maximum atomic E-state index is 10.7. The first-order valence-electron chi connectivity index (χ1n) is 4.16. The van der Waals surface area contributed by atoms with Gasteiger partial charge in [-0.15, -0.1) is 0 Å². The van der Waals surface area contributed by atoms with E-state index in [9.17, 15) is 9.59 Å². The molecule has 0 amide bonds. The van der Waals surface area contributed by atoms with Gasteiger partial charge in [0.15, 0.2) is 0 Å². The highest BCUT2D eigenvalue weighted by atomic mass is 16.5. The van der Waals surface area contributed by atoms with Gasteiger partial charge in [-0.2, -0.15) is 0 Å². The summed E-state index contributed by atoms with van der Waals surface area (Å²) in [4.78, 5) is 21.4. The average Bonchev–Trinajstić information content (AvgIpc) is 2.27. The number of hydrogen-bond donors (Lipinski definition) is 2. The summed E-state index contributed by atoms with van der Waals surface area (Å²) >= 11 is 0. The van der Waals surface area contributed by atoms with Gasteiger partial charge in [-0.1, -0.05) is 0 Å². The number of carbonyl (C=O) groups is 2. The molecule has 13 heavy (non-hydrogen) atoms. The molecule has 0 unspecified atom stereocenters. The molecule has 1 aliphatic heterocycles. The van der Waals surface area contributed by atoms with Crippen molar-refractivity contribution >= 4 is 11.9 Å². The van der Waals surface area contributed by atoms with Crippen LogP contribution in [0.5, 0.6) is 0 Å². The lowest BCUT2D eigenvalue weighted by molar-refractivity contribution is -0.153. The molecule has 0 aliphatic carbocycles. The number of ether oxygens (including phenoxy) is 1. The third kappa shape index (κ3) is 2.42. The zero-order valence-corrected chi connectivity index (χ0v) is 7.10. The minimum atomic E-state index is -1.04. The van der Waals surface area contributed by atoms with Crippen LogP contribution in [0.15, 0.2) is 0 Å². The highest BCUT2D eigenvalue weighted by Gasteiger charge is 2.34. The third-order valence-corrected chi connectivity index (χ3v) is 2.27. The lowest BCUT2D eigenvalue weighted by Gasteiger charge is -2.15. The Hall–Kier alpha value is -1.10. The molecule has 1 rings (SSSR count). The van der Waals surface area contributed by atoms with Crippen LogP contribution in [0, 0.1) is 11.8 Å². The van der Waals surface area contributed by atoms with Gasteiger partial charge in [-0.05, 0) is 12.8 Å². The van der Waals surface area contributed by atoms with Crippen molar-refractivity contribution in [3.8, 4) is 0 Å². The molecule has 1 fully saturated rings. The number of hydrogen-bond acceptors (Lipinski definition) is 3. The van der Waals surface area contributed by atoms with Crippen LogP contribution in [-0.4, -0.2) is 35.4 Å². The van der Waals surface area contributed by atoms with Gasteiger partial charge in [0, 0.05) is 13.2 Å². The monoisotopic (exact) mass is 188 g/mol. The second kappa shape index (κ2) is 4.23. The fourth-order valence-corrected chi connectivity index (χ4v) is 1.52. The zero-order valence-electron chi connectivity index (χ0n) is 7.10. The summed E-state index contributed by atoms with van der Waals surface area (Å²) in [5, 5.41) is 17.5. The summed E-state index contributed by atoms with van der Waals surface area (Å²) in [6.45, 7) is 0.668. The number of aliphatic carboxylic acids is 2. The molecule has 74 valence electrons. The molecule has 5 nitrogen and oxygen atoms in total. The number of carboxylic acids is 2. The summed E-state index contributed by atoms with van der Waals surface area (Å²) < 4.78 is 5.03. The first-order valence-corrected chi connectivity index (χ1v) is 4.16. The molecule has 2 N–H and O–H groups in total. The van der Waals surface area contributed by atoms with E-state index >= 15 is 0 Å². The summed E-state index contributed by atoms with van der Waals surface area (Å²) in [6.07, 6.45) is 0.568. The maximum Gasteiger partial charge on any atom is 0.307 e. The van der Waals surface area contributed by atoms with Gasteiger partial charge in [-0.3, -0.25) is 9.59 Å². The standard InChI is InChI=1S/C8H12O5/c9-7(10)5-1-3-13-4-2-6(5)8(11)12/h5-6H,1-4H2,(H,9,10)(H,11,12)/t5-,6-/m1/s1. The Kier molecular flexibility index (Phi) is 3.25. The van der Waals surface area contributed by atoms with Crippen molar-refractivity contribution in [2.75, 3.05) is 13.2 Å². The van der Waals surface area contributed by atoms with Gasteiger partial charge >= 0.3 is 11.9 Å². The van der Waals surface area contributed by atoms with Gasteiger partial charge in [0.25, 0.3) is 0 Å². The zero-order chi connectivity index (χ0) is 9.84. The van der Waals surface area contributed by atoms with E-state index < -0.39 is 23.8 Å². The first-order chi connectivity index (χ1) is 6.13. The largest absolute Gasteiger partial charge is 0.481 e. The summed E-state index contributed by atoms with van der Waals surface area (Å²) in [5.41, 5.74) is 0. The van der Waals surface area contributed by atoms with Crippen molar-refractivity contribution in [2.45, 2.75) is 12.8 Å². The van der Waals surface area contributed by atoms with Gasteiger partial charge in [0.1, 0.15) is 0 Å². The van der Waals surface area contributed by atoms with E-state index in [1.165, 1.54) is 0 Å². The Morgan fingerprint density at radius 3 is 1.69 bits per heavy atom. The highest BCUT2D eigenvalue weighted by Crippen LogP contribution is 2.23. The van der Waals surface area contributed by atoms with Crippen LogP contribution in [0.25, 0.3) is 0 Å². The van der Waals surface area contributed by atoms with Crippen molar-refractivity contribution < 1.29 is 24.5 Å². The second-order valence-corrected chi connectivity index (χ2v) is 3.08. The Balaban J connectivity index is 2.72. The highest BCUT2D eigenvalue weighted by molar-refractivity contribution is 5.80. The van der Waals surface area contributed by atoms with Crippen LogP contribution in [0.3, 0.4) is 0 Å². The Labute approximate surface area is 75.3 Å². The summed E-state index contributed by atoms with van der Waals surface area (Å²) in [7, 11) is 0. The second-order valence-electron chi connectivity index (χ2n) is 3.08. The van der Waals surface area contributed by atoms with Gasteiger partial charge in [-0.25, -0.2) is 0 Å². The lowest BCUT2D eigenvalue weighted by Crippen LogP contribution is -2.29. The molecule has 0 saturated carbocycles. The molecule has 0 aromatic heterocycles. The van der Waals surface area contributed by atoms with E-state index in [2.05, 4.69) is 0 Å². The molecule has 1 saturated heterocycles. The molecular formula is C8H12O5. The van der Waals surface area contributed by atoms with Crippen LogP contribution < -0.4 is 0 Å². The van der Waals surface area contributed by atoms with Gasteiger partial charge in [0.05, 0.1) is 11.8 Å². The topological polar surface area (TPSA) is 83.8 Å². The van der Waals surface area contributed by atoms with E-state index in [1.54, 1.807) is 0 Å². The fourth-order valence-electron chi connectivity index (χ4n) is 1.52. The Morgan fingerprint density at radius 2 is 1.38 bits per heavy atom. The van der Waals surface area contributed by atoms with Crippen LogP contribution in [0.2, 0.25) is 0 Å². The molecule has 1 heterocycles. The molecule has 5 heteroatoms. The summed E-state index contributed by atoms with van der Waals surface area (Å²) in [5.74, 6) is -3.70. The Bertz CT molecular complexity index is 191. The van der Waals surface area contributed by atoms with Crippen molar-refractivity contribution in [1.29, 1.82) is 0 Å². The lowest BCUT2D eigenvalue weighted by atomic mass is 9.88. The van der Waals surface area contributed by atoms with E-state index in [4.69, 9.17) is 14.9 Å². The maximum absolute atomic E-state index is 10.7. The molecule has 0 radical (unpaired) electrons. The van der Waals surface area contributed by atoms with Crippen LogP contribution in [0.1, 0.15) is 12.8 Å². The first kappa shape index (κ1) is 9.98. The third-order valence-electron chi connectivity index (χ3n) is 2.27. The number of carboxylic acid groups (broad SMARTS) is 2. The predicted molar refractivity (Wildman–Crippen MR) is 42.3 cm³/mol. The molecular weight excluding hydrogens is 176 g/mol. The van der Waals surface area contributed by atoms with Crippen molar-refractivity contribution in [3.63, 3.8) is 0 Å². The molecule has 2 atom stereocenters.